The first kappa shape index (κ1) is 16.0. The summed E-state index contributed by atoms with van der Waals surface area (Å²) in [5.74, 6) is -1.04. The highest BCUT2D eigenvalue weighted by Crippen LogP contribution is 2.27. The Morgan fingerprint density at radius 3 is 2.58 bits per heavy atom. The van der Waals surface area contributed by atoms with Crippen LogP contribution in [0.25, 0.3) is 6.08 Å². The van der Waals surface area contributed by atoms with Crippen molar-refractivity contribution in [2.45, 2.75) is 0 Å². The van der Waals surface area contributed by atoms with Crippen LogP contribution in [0.5, 0.6) is 0 Å². The normalized spacial score (nSPS) is 15.3. The highest BCUT2D eigenvalue weighted by molar-refractivity contribution is 9.10. The fourth-order valence-corrected chi connectivity index (χ4v) is 2.43. The summed E-state index contributed by atoms with van der Waals surface area (Å²) in [6.07, 6.45) is 1.39. The Labute approximate surface area is 143 Å². The van der Waals surface area contributed by atoms with Crippen molar-refractivity contribution in [2.24, 2.45) is 4.99 Å². The molecule has 0 saturated carbocycles. The molecule has 1 aliphatic rings. The Kier molecular flexibility index (Phi) is 4.22. The lowest BCUT2D eigenvalue weighted by molar-refractivity contribution is -0.385. The van der Waals surface area contributed by atoms with Crippen LogP contribution in [0.1, 0.15) is 11.1 Å². The molecular formula is C16H8BrFN2O4. The molecule has 0 amide bonds. The van der Waals surface area contributed by atoms with Gasteiger partial charge in [-0.25, -0.2) is 14.2 Å². The van der Waals surface area contributed by atoms with Crippen LogP contribution in [-0.4, -0.2) is 16.8 Å². The zero-order chi connectivity index (χ0) is 17.3. The number of nitrogens with zero attached hydrogens (tertiary/aromatic N) is 2. The number of carbonyl (C=O) groups is 1. The smallest absolute Gasteiger partial charge is 0.363 e. The number of nitro groups is 1. The fraction of sp³-hybridized carbons (Fsp3) is 0. The van der Waals surface area contributed by atoms with Gasteiger partial charge in [-0.2, -0.15) is 0 Å². The molecule has 120 valence electrons. The number of rotatable bonds is 3. The second-order valence-electron chi connectivity index (χ2n) is 4.81. The predicted octanol–water partition coefficient (Wildman–Crippen LogP) is 3.84. The van der Waals surface area contributed by atoms with Gasteiger partial charge in [0.15, 0.2) is 5.70 Å². The number of cyclic esters (lactones) is 1. The van der Waals surface area contributed by atoms with Gasteiger partial charge < -0.3 is 4.74 Å². The van der Waals surface area contributed by atoms with Gasteiger partial charge in [0.25, 0.3) is 5.69 Å². The Morgan fingerprint density at radius 1 is 1.21 bits per heavy atom. The van der Waals surface area contributed by atoms with Gasteiger partial charge in [-0.15, -0.1) is 0 Å². The maximum Gasteiger partial charge on any atom is 0.363 e. The van der Waals surface area contributed by atoms with E-state index in [1.807, 2.05) is 0 Å². The lowest BCUT2D eigenvalue weighted by atomic mass is 10.1. The van der Waals surface area contributed by atoms with Crippen LogP contribution in [0, 0.1) is 15.9 Å². The molecule has 0 atom stereocenters. The van der Waals surface area contributed by atoms with Crippen molar-refractivity contribution in [1.82, 2.24) is 0 Å². The van der Waals surface area contributed by atoms with Crippen LogP contribution in [0.15, 0.2) is 57.6 Å². The lowest BCUT2D eigenvalue weighted by Gasteiger charge is -1.98. The summed E-state index contributed by atoms with van der Waals surface area (Å²) < 4.78 is 18.3. The summed E-state index contributed by atoms with van der Waals surface area (Å²) in [7, 11) is 0. The summed E-state index contributed by atoms with van der Waals surface area (Å²) in [5, 5.41) is 10.9. The molecular weight excluding hydrogens is 383 g/mol. The highest BCUT2D eigenvalue weighted by atomic mass is 79.9. The summed E-state index contributed by atoms with van der Waals surface area (Å²) in [6.45, 7) is 0. The van der Waals surface area contributed by atoms with Crippen molar-refractivity contribution in [3.63, 3.8) is 0 Å². The van der Waals surface area contributed by atoms with Gasteiger partial charge in [0.1, 0.15) is 5.82 Å². The van der Waals surface area contributed by atoms with E-state index in [-0.39, 0.29) is 17.3 Å². The second-order valence-corrected chi connectivity index (χ2v) is 5.67. The van der Waals surface area contributed by atoms with Crippen LogP contribution >= 0.6 is 15.9 Å². The lowest BCUT2D eigenvalue weighted by Crippen LogP contribution is -2.05. The van der Waals surface area contributed by atoms with E-state index in [0.29, 0.717) is 15.6 Å². The number of halogens is 2. The molecule has 2 aromatic carbocycles. The third-order valence-corrected chi connectivity index (χ3v) is 3.85. The van der Waals surface area contributed by atoms with E-state index in [1.165, 1.54) is 42.5 Å². The van der Waals surface area contributed by atoms with Crippen LogP contribution in [0.2, 0.25) is 0 Å². The van der Waals surface area contributed by atoms with Crippen molar-refractivity contribution < 1.29 is 18.8 Å². The van der Waals surface area contributed by atoms with E-state index in [1.54, 1.807) is 6.07 Å². The summed E-state index contributed by atoms with van der Waals surface area (Å²) in [5.41, 5.74) is 0.764. The van der Waals surface area contributed by atoms with Gasteiger partial charge in [0.05, 0.1) is 9.40 Å². The van der Waals surface area contributed by atoms with Crippen LogP contribution in [-0.2, 0) is 9.53 Å². The molecule has 0 N–H and O–H groups in total. The third kappa shape index (κ3) is 3.23. The molecule has 2 aromatic rings. The number of ether oxygens (including phenoxy) is 1. The summed E-state index contributed by atoms with van der Waals surface area (Å²) in [6, 6.07) is 9.76. The molecule has 1 aliphatic heterocycles. The average molecular weight is 391 g/mol. The van der Waals surface area contributed by atoms with Crippen LogP contribution in [0.4, 0.5) is 10.1 Å². The molecule has 1 heterocycles. The maximum atomic E-state index is 12.9. The first-order valence-corrected chi connectivity index (χ1v) is 7.46. The molecule has 0 spiro atoms. The minimum atomic E-state index is -0.681. The maximum absolute atomic E-state index is 12.9. The largest absolute Gasteiger partial charge is 0.402 e. The first-order chi connectivity index (χ1) is 11.4. The van der Waals surface area contributed by atoms with Gasteiger partial charge in [0, 0.05) is 11.6 Å². The van der Waals surface area contributed by atoms with Crippen molar-refractivity contribution in [1.29, 1.82) is 0 Å². The van der Waals surface area contributed by atoms with Gasteiger partial charge in [-0.3, -0.25) is 10.1 Å². The first-order valence-electron chi connectivity index (χ1n) is 6.66. The van der Waals surface area contributed by atoms with E-state index in [2.05, 4.69) is 20.9 Å². The standard InChI is InChI=1S/C16H8BrFN2O4/c17-12-6-1-9(8-14(12)20(22)23)7-13-16(21)24-15(19-13)10-2-4-11(18)5-3-10/h1-8H. The quantitative estimate of drug-likeness (QED) is 0.345. The van der Waals surface area contributed by atoms with Gasteiger partial charge in [-0.05, 0) is 57.9 Å². The molecule has 0 radical (unpaired) electrons. The molecule has 0 aliphatic carbocycles. The van der Waals surface area contributed by atoms with Gasteiger partial charge in [0.2, 0.25) is 5.90 Å². The summed E-state index contributed by atoms with van der Waals surface area (Å²) >= 11 is 3.09. The average Bonchev–Trinajstić information content (AvgIpc) is 2.90. The number of esters is 1. The van der Waals surface area contributed by atoms with E-state index in [0.717, 1.165) is 0 Å². The minimum absolute atomic E-state index is 0.00551. The molecule has 3 rings (SSSR count). The molecule has 0 bridgehead atoms. The zero-order valence-corrected chi connectivity index (χ0v) is 13.5. The van der Waals surface area contributed by atoms with Gasteiger partial charge in [-0.1, -0.05) is 6.07 Å². The van der Waals surface area contributed by atoms with Crippen molar-refractivity contribution in [2.75, 3.05) is 0 Å². The number of nitro benzene ring substituents is 1. The molecule has 8 heteroatoms. The van der Waals surface area contributed by atoms with E-state index >= 15 is 0 Å². The summed E-state index contributed by atoms with van der Waals surface area (Å²) in [4.78, 5) is 26.4. The number of hydrogen-bond donors (Lipinski definition) is 0. The topological polar surface area (TPSA) is 81.8 Å². The number of aliphatic imine (C=N–C) groups is 1. The van der Waals surface area contributed by atoms with E-state index in [9.17, 15) is 19.3 Å². The molecule has 0 unspecified atom stereocenters. The second kappa shape index (κ2) is 6.32. The van der Waals surface area contributed by atoms with Crippen molar-refractivity contribution in [3.05, 3.63) is 79.7 Å². The highest BCUT2D eigenvalue weighted by Gasteiger charge is 2.24. The SMILES string of the molecule is O=C1OC(c2ccc(F)cc2)=NC1=Cc1ccc(Br)c([N+](=O)[O-])c1. The Balaban J connectivity index is 1.95. The van der Waals surface area contributed by atoms with Gasteiger partial charge >= 0.3 is 5.97 Å². The number of benzene rings is 2. The number of hydrogen-bond acceptors (Lipinski definition) is 5. The zero-order valence-electron chi connectivity index (χ0n) is 11.9. The molecule has 0 aromatic heterocycles. The molecule has 0 saturated heterocycles. The van der Waals surface area contributed by atoms with E-state index < -0.39 is 16.7 Å². The molecule has 0 fully saturated rings. The Bertz CT molecular complexity index is 907. The van der Waals surface area contributed by atoms with Crippen molar-refractivity contribution in [3.8, 4) is 0 Å². The molecule has 24 heavy (non-hydrogen) atoms. The fourth-order valence-electron chi connectivity index (χ4n) is 2.04. The van der Waals surface area contributed by atoms with Crippen molar-refractivity contribution >= 4 is 39.6 Å². The Hall–Kier alpha value is -2.87. The van der Waals surface area contributed by atoms with E-state index in [4.69, 9.17) is 4.74 Å². The van der Waals surface area contributed by atoms with Crippen LogP contribution < -0.4 is 0 Å². The monoisotopic (exact) mass is 390 g/mol. The predicted molar refractivity (Wildman–Crippen MR) is 87.8 cm³/mol. The van der Waals surface area contributed by atoms with Crippen LogP contribution in [0.3, 0.4) is 0 Å². The minimum Gasteiger partial charge on any atom is -0.402 e. The number of carbonyl (C=O) groups excluding carboxylic acids is 1. The molecule has 6 nitrogen and oxygen atoms in total. The third-order valence-electron chi connectivity index (χ3n) is 3.18. The Morgan fingerprint density at radius 2 is 1.92 bits per heavy atom.